The monoisotopic (exact) mass is 278 g/mol. The number of likely N-dealkylation sites (N-methyl/N-ethyl adjacent to an activating group) is 1. The molecule has 1 N–H and O–H groups in total. The standard InChI is InChI=1S/C13H22N6O/c1-17-2-4-19(5-3-17)16-12-10-13(15-11-14-12)18-6-8-20-9-7-18/h10-11H,2-9H2,1H3,(H,14,15,16). The number of nitrogens with one attached hydrogen (secondary N) is 1. The van der Waals surface area contributed by atoms with Crippen molar-refractivity contribution in [3.05, 3.63) is 12.4 Å². The fraction of sp³-hybridized carbons (Fsp3) is 0.692. The Morgan fingerprint density at radius 1 is 1.05 bits per heavy atom. The first-order valence-electron chi connectivity index (χ1n) is 7.16. The summed E-state index contributed by atoms with van der Waals surface area (Å²) in [6.45, 7) is 7.50. The summed E-state index contributed by atoms with van der Waals surface area (Å²) in [5.41, 5.74) is 3.38. The van der Waals surface area contributed by atoms with Gasteiger partial charge in [-0.15, -0.1) is 0 Å². The van der Waals surface area contributed by atoms with Gasteiger partial charge < -0.3 is 20.0 Å². The van der Waals surface area contributed by atoms with Gasteiger partial charge in [0.15, 0.2) is 0 Å². The summed E-state index contributed by atoms with van der Waals surface area (Å²) in [6.07, 6.45) is 1.63. The molecule has 110 valence electrons. The Hall–Kier alpha value is -1.44. The van der Waals surface area contributed by atoms with E-state index >= 15 is 0 Å². The highest BCUT2D eigenvalue weighted by atomic mass is 16.5. The van der Waals surface area contributed by atoms with E-state index in [-0.39, 0.29) is 0 Å². The average Bonchev–Trinajstić information content (AvgIpc) is 2.51. The highest BCUT2D eigenvalue weighted by molar-refractivity contribution is 5.48. The molecule has 0 aromatic carbocycles. The number of piperazine rings is 1. The summed E-state index contributed by atoms with van der Waals surface area (Å²) in [6, 6.07) is 2.02. The molecular formula is C13H22N6O. The van der Waals surface area contributed by atoms with Crippen molar-refractivity contribution < 1.29 is 4.74 Å². The lowest BCUT2D eigenvalue weighted by molar-refractivity contribution is 0.122. The molecule has 0 spiro atoms. The second-order valence-corrected chi connectivity index (χ2v) is 5.26. The lowest BCUT2D eigenvalue weighted by Crippen LogP contribution is -2.47. The SMILES string of the molecule is CN1CCN(Nc2cc(N3CCOCC3)ncn2)CC1. The topological polar surface area (TPSA) is 56.8 Å². The van der Waals surface area contributed by atoms with Crippen molar-refractivity contribution in [2.75, 3.05) is 69.9 Å². The Labute approximate surface area is 119 Å². The third-order valence-corrected chi connectivity index (χ3v) is 3.76. The van der Waals surface area contributed by atoms with Crippen LogP contribution < -0.4 is 10.3 Å². The molecule has 0 saturated carbocycles. The van der Waals surface area contributed by atoms with Gasteiger partial charge in [0, 0.05) is 45.3 Å². The van der Waals surface area contributed by atoms with E-state index in [9.17, 15) is 0 Å². The summed E-state index contributed by atoms with van der Waals surface area (Å²) in [4.78, 5) is 13.2. The van der Waals surface area contributed by atoms with Crippen molar-refractivity contribution in [3.63, 3.8) is 0 Å². The van der Waals surface area contributed by atoms with Gasteiger partial charge in [0.1, 0.15) is 18.0 Å². The first-order valence-corrected chi connectivity index (χ1v) is 7.16. The normalized spacial score (nSPS) is 21.9. The van der Waals surface area contributed by atoms with Crippen molar-refractivity contribution in [2.45, 2.75) is 0 Å². The maximum atomic E-state index is 5.37. The molecule has 0 atom stereocenters. The number of nitrogens with zero attached hydrogens (tertiary/aromatic N) is 5. The van der Waals surface area contributed by atoms with Crippen LogP contribution in [0.4, 0.5) is 11.6 Å². The number of morpholine rings is 1. The number of rotatable bonds is 3. The Balaban J connectivity index is 1.62. The quantitative estimate of drug-likeness (QED) is 0.827. The fourth-order valence-electron chi connectivity index (χ4n) is 2.45. The zero-order valence-corrected chi connectivity index (χ0v) is 12.0. The molecule has 3 heterocycles. The summed E-state index contributed by atoms with van der Waals surface area (Å²) in [7, 11) is 2.15. The van der Waals surface area contributed by atoms with Crippen molar-refractivity contribution in [3.8, 4) is 0 Å². The van der Waals surface area contributed by atoms with Crippen LogP contribution >= 0.6 is 0 Å². The van der Waals surface area contributed by atoms with Crippen molar-refractivity contribution in [2.24, 2.45) is 0 Å². The fourth-order valence-corrected chi connectivity index (χ4v) is 2.45. The van der Waals surface area contributed by atoms with Gasteiger partial charge in [0.25, 0.3) is 0 Å². The van der Waals surface area contributed by atoms with Crippen LogP contribution in [-0.4, -0.2) is 79.4 Å². The molecule has 1 aromatic rings. The third-order valence-electron chi connectivity index (χ3n) is 3.76. The molecule has 2 aliphatic heterocycles. The number of hydrogen-bond acceptors (Lipinski definition) is 7. The van der Waals surface area contributed by atoms with Crippen LogP contribution in [0.25, 0.3) is 0 Å². The highest BCUT2D eigenvalue weighted by Gasteiger charge is 2.16. The summed E-state index contributed by atoms with van der Waals surface area (Å²) in [5.74, 6) is 1.84. The Morgan fingerprint density at radius 3 is 2.55 bits per heavy atom. The predicted octanol–water partition coefficient (Wildman–Crippen LogP) is -0.112. The van der Waals surface area contributed by atoms with Crippen molar-refractivity contribution in [1.82, 2.24) is 19.9 Å². The second kappa shape index (κ2) is 6.34. The van der Waals surface area contributed by atoms with Gasteiger partial charge >= 0.3 is 0 Å². The molecule has 1 aromatic heterocycles. The van der Waals surface area contributed by atoms with E-state index < -0.39 is 0 Å². The summed E-state index contributed by atoms with van der Waals surface area (Å²) < 4.78 is 5.37. The van der Waals surface area contributed by atoms with Crippen LogP contribution in [0.2, 0.25) is 0 Å². The smallest absolute Gasteiger partial charge is 0.145 e. The zero-order valence-electron chi connectivity index (χ0n) is 12.0. The molecule has 0 unspecified atom stereocenters. The minimum absolute atomic E-state index is 0.769. The number of anilines is 2. The number of ether oxygens (including phenoxy) is 1. The van der Waals surface area contributed by atoms with E-state index in [0.29, 0.717) is 0 Å². The minimum atomic E-state index is 0.769. The van der Waals surface area contributed by atoms with E-state index in [0.717, 1.165) is 64.1 Å². The maximum absolute atomic E-state index is 5.37. The third kappa shape index (κ3) is 3.36. The van der Waals surface area contributed by atoms with Gasteiger partial charge in [-0.3, -0.25) is 0 Å². The molecule has 20 heavy (non-hydrogen) atoms. The first-order chi connectivity index (χ1) is 9.81. The van der Waals surface area contributed by atoms with Gasteiger partial charge in [0.2, 0.25) is 0 Å². The van der Waals surface area contributed by atoms with Crippen LogP contribution in [0.15, 0.2) is 12.4 Å². The Morgan fingerprint density at radius 2 is 1.80 bits per heavy atom. The molecule has 2 fully saturated rings. The van der Waals surface area contributed by atoms with Crippen LogP contribution in [0, 0.1) is 0 Å². The molecule has 3 rings (SSSR count). The summed E-state index contributed by atoms with van der Waals surface area (Å²) >= 11 is 0. The van der Waals surface area contributed by atoms with E-state index in [1.165, 1.54) is 0 Å². The van der Waals surface area contributed by atoms with Crippen LogP contribution in [0.1, 0.15) is 0 Å². The van der Waals surface area contributed by atoms with Crippen LogP contribution in [-0.2, 0) is 4.74 Å². The van der Waals surface area contributed by atoms with Crippen molar-refractivity contribution >= 4 is 11.6 Å². The Bertz CT molecular complexity index is 429. The molecule has 7 heteroatoms. The molecule has 2 aliphatic rings. The average molecular weight is 278 g/mol. The molecule has 0 amide bonds. The van der Waals surface area contributed by atoms with Crippen LogP contribution in [0.5, 0.6) is 0 Å². The van der Waals surface area contributed by atoms with Gasteiger partial charge in [-0.25, -0.2) is 15.0 Å². The predicted molar refractivity (Wildman–Crippen MR) is 77.8 cm³/mol. The van der Waals surface area contributed by atoms with Gasteiger partial charge in [0.05, 0.1) is 13.2 Å². The minimum Gasteiger partial charge on any atom is -0.378 e. The largest absolute Gasteiger partial charge is 0.378 e. The highest BCUT2D eigenvalue weighted by Crippen LogP contribution is 2.16. The lowest BCUT2D eigenvalue weighted by Gasteiger charge is -2.33. The molecule has 7 nitrogen and oxygen atoms in total. The van der Waals surface area contributed by atoms with E-state index in [2.05, 4.69) is 37.3 Å². The van der Waals surface area contributed by atoms with Gasteiger partial charge in [-0.1, -0.05) is 0 Å². The Kier molecular flexibility index (Phi) is 4.29. The van der Waals surface area contributed by atoms with E-state index in [4.69, 9.17) is 4.74 Å². The number of aromatic nitrogens is 2. The van der Waals surface area contributed by atoms with Crippen LogP contribution in [0.3, 0.4) is 0 Å². The molecular weight excluding hydrogens is 256 g/mol. The molecule has 0 radical (unpaired) electrons. The first kappa shape index (κ1) is 13.5. The zero-order chi connectivity index (χ0) is 13.8. The number of hydrazine groups is 1. The number of hydrogen-bond donors (Lipinski definition) is 1. The summed E-state index contributed by atoms with van der Waals surface area (Å²) in [5, 5.41) is 2.21. The van der Waals surface area contributed by atoms with Gasteiger partial charge in [-0.05, 0) is 7.05 Å². The van der Waals surface area contributed by atoms with E-state index in [1.807, 2.05) is 6.07 Å². The molecule has 0 aliphatic carbocycles. The van der Waals surface area contributed by atoms with Gasteiger partial charge in [-0.2, -0.15) is 0 Å². The van der Waals surface area contributed by atoms with E-state index in [1.54, 1.807) is 6.33 Å². The molecule has 2 saturated heterocycles. The maximum Gasteiger partial charge on any atom is 0.145 e. The molecule has 0 bridgehead atoms. The second-order valence-electron chi connectivity index (χ2n) is 5.26. The lowest BCUT2D eigenvalue weighted by atomic mass is 10.4. The van der Waals surface area contributed by atoms with Crippen molar-refractivity contribution in [1.29, 1.82) is 0 Å².